The maximum Gasteiger partial charge on any atom is 0.471 e. The van der Waals surface area contributed by atoms with E-state index >= 15 is 0 Å². The molecule has 130 valence electrons. The van der Waals surface area contributed by atoms with E-state index in [1.165, 1.54) is 17.2 Å². The van der Waals surface area contributed by atoms with Crippen molar-refractivity contribution in [1.82, 2.24) is 0 Å². The summed E-state index contributed by atoms with van der Waals surface area (Å²) in [5.74, 6) is -1.95. The van der Waals surface area contributed by atoms with Crippen molar-refractivity contribution in [2.45, 2.75) is 33.9 Å². The van der Waals surface area contributed by atoms with Gasteiger partial charge in [0.2, 0.25) is 0 Å². The predicted molar refractivity (Wildman–Crippen MR) is 90.9 cm³/mol. The zero-order valence-corrected chi connectivity index (χ0v) is 14.1. The van der Waals surface area contributed by atoms with Crippen LogP contribution in [-0.2, 0) is 4.79 Å². The lowest BCUT2D eigenvalue weighted by atomic mass is 10.1. The predicted octanol–water partition coefficient (Wildman–Crippen LogP) is 4.69. The summed E-state index contributed by atoms with van der Waals surface area (Å²) in [6.07, 6.45) is -4.85. The van der Waals surface area contributed by atoms with Crippen molar-refractivity contribution in [1.29, 1.82) is 0 Å². The smallest absolute Gasteiger partial charge is 0.399 e. The number of hydrogen-bond acceptors (Lipinski definition) is 2. The lowest BCUT2D eigenvalue weighted by Gasteiger charge is -2.11. The molecule has 2 rings (SSSR count). The normalized spacial score (nSPS) is 10.6. The molecule has 0 spiro atoms. The van der Waals surface area contributed by atoms with Crippen LogP contribution in [-0.4, -0.2) is 12.1 Å². The van der Waals surface area contributed by atoms with Crippen LogP contribution in [0.25, 0.3) is 0 Å². The Labute approximate surface area is 139 Å². The topological polar surface area (TPSA) is 55.1 Å². The molecule has 0 unspecified atom stereocenters. The number of hydrogen-bond donors (Lipinski definition) is 2. The first kappa shape index (κ1) is 19.5. The van der Waals surface area contributed by atoms with E-state index < -0.39 is 12.1 Å². The fraction of sp³-hybridized carbons (Fsp3) is 0.278. The van der Waals surface area contributed by atoms with E-state index in [4.69, 9.17) is 5.73 Å². The third-order valence-corrected chi connectivity index (χ3v) is 3.76. The zero-order chi connectivity index (χ0) is 18.5. The summed E-state index contributed by atoms with van der Waals surface area (Å²) in [5, 5.41) is 1.83. The monoisotopic (exact) mass is 338 g/mol. The van der Waals surface area contributed by atoms with Gasteiger partial charge in [-0.2, -0.15) is 13.2 Å². The lowest BCUT2D eigenvalue weighted by Crippen LogP contribution is -2.30. The van der Waals surface area contributed by atoms with Gasteiger partial charge in [-0.15, -0.1) is 0 Å². The van der Waals surface area contributed by atoms with Crippen molar-refractivity contribution < 1.29 is 18.0 Å². The van der Waals surface area contributed by atoms with Crippen LogP contribution in [0.2, 0.25) is 0 Å². The number of amides is 1. The molecule has 24 heavy (non-hydrogen) atoms. The van der Waals surface area contributed by atoms with Crippen LogP contribution in [0, 0.1) is 27.7 Å². The SMILES string of the molecule is Cc1cccc(N)c1C.Cc1cccc(NC(=O)C(F)(F)F)c1C. The molecular formula is C18H21F3N2O. The Morgan fingerprint density at radius 2 is 1.42 bits per heavy atom. The van der Waals surface area contributed by atoms with Gasteiger partial charge in [-0.05, 0) is 62.1 Å². The minimum Gasteiger partial charge on any atom is -0.399 e. The van der Waals surface area contributed by atoms with E-state index in [1.54, 1.807) is 26.0 Å². The van der Waals surface area contributed by atoms with Crippen LogP contribution in [0.4, 0.5) is 24.5 Å². The van der Waals surface area contributed by atoms with Gasteiger partial charge < -0.3 is 11.1 Å². The molecule has 6 heteroatoms. The van der Waals surface area contributed by atoms with Crippen LogP contribution < -0.4 is 11.1 Å². The molecule has 0 atom stereocenters. The van der Waals surface area contributed by atoms with Gasteiger partial charge in [-0.25, -0.2) is 0 Å². The van der Waals surface area contributed by atoms with E-state index in [2.05, 4.69) is 13.0 Å². The number of nitrogens with two attached hydrogens (primary N) is 1. The second kappa shape index (κ2) is 7.86. The first-order chi connectivity index (χ1) is 11.0. The summed E-state index contributed by atoms with van der Waals surface area (Å²) in [5.41, 5.74) is 10.6. The van der Waals surface area contributed by atoms with E-state index in [9.17, 15) is 18.0 Å². The number of anilines is 2. The molecular weight excluding hydrogens is 317 g/mol. The summed E-state index contributed by atoms with van der Waals surface area (Å²) in [7, 11) is 0. The third-order valence-electron chi connectivity index (χ3n) is 3.76. The van der Waals surface area contributed by atoms with Crippen molar-refractivity contribution >= 4 is 17.3 Å². The van der Waals surface area contributed by atoms with Gasteiger partial charge in [-0.3, -0.25) is 4.79 Å². The van der Waals surface area contributed by atoms with Crippen LogP contribution >= 0.6 is 0 Å². The van der Waals surface area contributed by atoms with Gasteiger partial charge in [0, 0.05) is 11.4 Å². The highest BCUT2D eigenvalue weighted by atomic mass is 19.4. The highest BCUT2D eigenvalue weighted by Gasteiger charge is 2.38. The molecule has 2 aromatic carbocycles. The average Bonchev–Trinajstić information content (AvgIpc) is 2.49. The van der Waals surface area contributed by atoms with Gasteiger partial charge in [-0.1, -0.05) is 24.3 Å². The molecule has 0 fully saturated rings. The molecule has 1 amide bonds. The first-order valence-electron chi connectivity index (χ1n) is 7.30. The van der Waals surface area contributed by atoms with Crippen molar-refractivity contribution in [2.75, 3.05) is 11.1 Å². The fourth-order valence-corrected chi connectivity index (χ4v) is 1.85. The van der Waals surface area contributed by atoms with Gasteiger partial charge in [0.25, 0.3) is 0 Å². The Balaban J connectivity index is 0.000000272. The Bertz CT molecular complexity index is 704. The summed E-state index contributed by atoms with van der Waals surface area (Å²) in [6.45, 7) is 7.51. The number of alkyl halides is 3. The molecule has 0 aromatic heterocycles. The number of rotatable bonds is 1. The molecule has 0 heterocycles. The van der Waals surface area contributed by atoms with Gasteiger partial charge >= 0.3 is 12.1 Å². The molecule has 3 N–H and O–H groups in total. The van der Waals surface area contributed by atoms with E-state index in [0.29, 0.717) is 5.56 Å². The maximum atomic E-state index is 12.0. The van der Waals surface area contributed by atoms with E-state index in [0.717, 1.165) is 11.3 Å². The molecule has 3 nitrogen and oxygen atoms in total. The highest BCUT2D eigenvalue weighted by molar-refractivity contribution is 5.95. The minimum absolute atomic E-state index is 0.192. The number of benzene rings is 2. The number of aryl methyl sites for hydroxylation is 2. The molecule has 0 aliphatic carbocycles. The molecule has 0 bridgehead atoms. The molecule has 0 saturated carbocycles. The summed E-state index contributed by atoms with van der Waals surface area (Å²) >= 11 is 0. The number of halogens is 3. The zero-order valence-electron chi connectivity index (χ0n) is 14.1. The second-order valence-corrected chi connectivity index (χ2v) is 5.49. The molecule has 0 saturated heterocycles. The molecule has 0 aliphatic heterocycles. The molecule has 0 radical (unpaired) electrons. The highest BCUT2D eigenvalue weighted by Crippen LogP contribution is 2.22. The lowest BCUT2D eigenvalue weighted by molar-refractivity contribution is -0.167. The second-order valence-electron chi connectivity index (χ2n) is 5.49. The van der Waals surface area contributed by atoms with E-state index in [1.807, 2.05) is 24.4 Å². The van der Waals surface area contributed by atoms with Crippen molar-refractivity contribution in [3.05, 3.63) is 58.7 Å². The maximum absolute atomic E-state index is 12.0. The van der Waals surface area contributed by atoms with Crippen molar-refractivity contribution in [3.63, 3.8) is 0 Å². The number of carbonyl (C=O) groups is 1. The van der Waals surface area contributed by atoms with E-state index in [-0.39, 0.29) is 5.69 Å². The summed E-state index contributed by atoms with van der Waals surface area (Å²) < 4.78 is 35.9. The summed E-state index contributed by atoms with van der Waals surface area (Å²) in [6, 6.07) is 10.7. The standard InChI is InChI=1S/C10H10F3NO.C8H11N/c1-6-4-3-5-8(7(6)2)14-9(15)10(11,12)13;1-6-4-3-5-8(9)7(6)2/h3-5H,1-2H3,(H,14,15);3-5H,9H2,1-2H3. The Hall–Kier alpha value is -2.50. The van der Waals surface area contributed by atoms with Crippen LogP contribution in [0.15, 0.2) is 36.4 Å². The number of carbonyl (C=O) groups excluding carboxylic acids is 1. The fourth-order valence-electron chi connectivity index (χ4n) is 1.85. The summed E-state index contributed by atoms with van der Waals surface area (Å²) in [4.78, 5) is 10.7. The van der Waals surface area contributed by atoms with Gasteiger partial charge in [0.1, 0.15) is 0 Å². The Morgan fingerprint density at radius 1 is 0.917 bits per heavy atom. The average molecular weight is 338 g/mol. The molecule has 0 aliphatic rings. The Morgan fingerprint density at radius 3 is 1.88 bits per heavy atom. The van der Waals surface area contributed by atoms with Gasteiger partial charge in [0.05, 0.1) is 0 Å². The molecule has 2 aromatic rings. The van der Waals surface area contributed by atoms with Crippen LogP contribution in [0.1, 0.15) is 22.3 Å². The number of nitrogen functional groups attached to an aromatic ring is 1. The third kappa shape index (κ3) is 5.30. The minimum atomic E-state index is -4.85. The van der Waals surface area contributed by atoms with Crippen LogP contribution in [0.3, 0.4) is 0 Å². The Kier molecular flexibility index (Phi) is 6.40. The van der Waals surface area contributed by atoms with Crippen molar-refractivity contribution in [3.8, 4) is 0 Å². The van der Waals surface area contributed by atoms with Crippen LogP contribution in [0.5, 0.6) is 0 Å². The number of nitrogens with one attached hydrogen (secondary N) is 1. The largest absolute Gasteiger partial charge is 0.471 e. The quantitative estimate of drug-likeness (QED) is 0.741. The first-order valence-corrected chi connectivity index (χ1v) is 7.30. The van der Waals surface area contributed by atoms with Crippen molar-refractivity contribution in [2.24, 2.45) is 0 Å². The van der Waals surface area contributed by atoms with Gasteiger partial charge in [0.15, 0.2) is 0 Å².